The minimum Gasteiger partial charge on any atom is -0.291 e. The van der Waals surface area contributed by atoms with E-state index < -0.39 is 5.91 Å². The Bertz CT molecular complexity index is 650. The molecule has 2 aromatic rings. The second-order valence-corrected chi connectivity index (χ2v) is 4.61. The molecule has 0 bridgehead atoms. The van der Waals surface area contributed by atoms with Crippen LogP contribution in [0.3, 0.4) is 0 Å². The molecule has 0 aliphatic carbocycles. The van der Waals surface area contributed by atoms with Crippen molar-refractivity contribution < 1.29 is 4.79 Å². The van der Waals surface area contributed by atoms with Gasteiger partial charge in [0, 0.05) is 18.5 Å². The van der Waals surface area contributed by atoms with Crippen LogP contribution in [-0.4, -0.2) is 36.4 Å². The van der Waals surface area contributed by atoms with E-state index >= 15 is 0 Å². The van der Waals surface area contributed by atoms with E-state index in [0.717, 1.165) is 5.75 Å². The average molecular weight is 264 g/mol. The fourth-order valence-electron chi connectivity index (χ4n) is 1.61. The number of nitrogens with one attached hydrogen (secondary N) is 2. The number of rotatable bonds is 2. The third-order valence-electron chi connectivity index (χ3n) is 2.45. The van der Waals surface area contributed by atoms with Crippen LogP contribution in [-0.2, 0) is 6.54 Å². The molecule has 8 nitrogen and oxygen atoms in total. The molecule has 0 saturated carbocycles. The monoisotopic (exact) mass is 264 g/mol. The van der Waals surface area contributed by atoms with E-state index in [-0.39, 0.29) is 17.1 Å². The third-order valence-corrected chi connectivity index (χ3v) is 3.42. The van der Waals surface area contributed by atoms with Crippen LogP contribution in [0.15, 0.2) is 22.5 Å². The highest BCUT2D eigenvalue weighted by atomic mass is 32.2. The first kappa shape index (κ1) is 11.0. The molecule has 2 aromatic heterocycles. The van der Waals surface area contributed by atoms with Gasteiger partial charge in [-0.3, -0.25) is 19.5 Å². The van der Waals surface area contributed by atoms with Crippen molar-refractivity contribution in [1.82, 2.24) is 24.7 Å². The molecule has 18 heavy (non-hydrogen) atoms. The molecule has 9 heteroatoms. The van der Waals surface area contributed by atoms with Gasteiger partial charge in [-0.1, -0.05) is 11.8 Å². The highest BCUT2D eigenvalue weighted by molar-refractivity contribution is 7.99. The van der Waals surface area contributed by atoms with Crippen LogP contribution in [0.2, 0.25) is 0 Å². The Morgan fingerprint density at radius 2 is 2.39 bits per heavy atom. The number of thioether (sulfide) groups is 1. The molecule has 2 N–H and O–H groups in total. The van der Waals surface area contributed by atoms with Gasteiger partial charge >= 0.3 is 0 Å². The van der Waals surface area contributed by atoms with Gasteiger partial charge in [0.05, 0.1) is 0 Å². The zero-order chi connectivity index (χ0) is 12.5. The highest BCUT2D eigenvalue weighted by Crippen LogP contribution is 2.20. The summed E-state index contributed by atoms with van der Waals surface area (Å²) in [7, 11) is 0. The molecule has 0 saturated heterocycles. The van der Waals surface area contributed by atoms with Crippen molar-refractivity contribution in [2.45, 2.75) is 11.7 Å². The van der Waals surface area contributed by atoms with Crippen molar-refractivity contribution in [3.8, 4) is 0 Å². The molecule has 3 heterocycles. The average Bonchev–Trinajstić information content (AvgIpc) is 2.99. The number of hydrogen-bond donors (Lipinski definition) is 2. The lowest BCUT2D eigenvalue weighted by molar-refractivity contribution is 0.102. The summed E-state index contributed by atoms with van der Waals surface area (Å²) in [6, 6.07) is 0. The van der Waals surface area contributed by atoms with E-state index in [4.69, 9.17) is 0 Å². The first-order valence-electron chi connectivity index (χ1n) is 5.15. The number of H-pyrrole nitrogens is 1. The number of amides is 1. The Balaban J connectivity index is 1.93. The van der Waals surface area contributed by atoms with Crippen LogP contribution < -0.4 is 10.9 Å². The number of aromatic nitrogens is 5. The summed E-state index contributed by atoms with van der Waals surface area (Å²) in [6.45, 7) is 0.579. The summed E-state index contributed by atoms with van der Waals surface area (Å²) >= 11 is 1.50. The third kappa shape index (κ3) is 1.78. The molecule has 92 valence electrons. The molecule has 0 atom stereocenters. The van der Waals surface area contributed by atoms with Crippen LogP contribution in [0.4, 0.5) is 5.95 Å². The quantitative estimate of drug-likeness (QED) is 0.723. The summed E-state index contributed by atoms with van der Waals surface area (Å²) in [6.07, 6.45) is 2.55. The molecule has 1 amide bonds. The Morgan fingerprint density at radius 3 is 3.17 bits per heavy atom. The number of carbonyl (C=O) groups excluding carboxylic acids is 1. The molecule has 0 aromatic carbocycles. The smallest absolute Gasteiger partial charge is 0.267 e. The van der Waals surface area contributed by atoms with Crippen LogP contribution in [0, 0.1) is 0 Å². The Labute approximate surface area is 105 Å². The lowest BCUT2D eigenvalue weighted by Gasteiger charge is -2.04. The number of hydrogen-bond acceptors (Lipinski definition) is 6. The van der Waals surface area contributed by atoms with Gasteiger partial charge in [-0.2, -0.15) is 10.1 Å². The second-order valence-electron chi connectivity index (χ2n) is 3.55. The second kappa shape index (κ2) is 4.26. The van der Waals surface area contributed by atoms with Crippen molar-refractivity contribution >= 4 is 23.6 Å². The van der Waals surface area contributed by atoms with E-state index in [2.05, 4.69) is 25.5 Å². The van der Waals surface area contributed by atoms with Crippen molar-refractivity contribution in [3.05, 3.63) is 28.4 Å². The summed E-state index contributed by atoms with van der Waals surface area (Å²) in [5, 5.41) is 9.17. The van der Waals surface area contributed by atoms with E-state index in [1.807, 2.05) is 0 Å². The van der Waals surface area contributed by atoms with Crippen LogP contribution in [0.25, 0.3) is 0 Å². The molecule has 0 fully saturated rings. The standard InChI is InChI=1S/C9H8N6O2S/c16-6(13-8-11-4-12-14-8)5-3-10-9-15(7(5)17)1-2-18-9/h3-4H,1-2H2,(H2,11,12,13,14,16). The SMILES string of the molecule is O=C(Nc1ncn[nH]1)c1cnc2n(c1=O)CCS2. The zero-order valence-electron chi connectivity index (χ0n) is 9.08. The normalized spacial score (nSPS) is 13.3. The van der Waals surface area contributed by atoms with Crippen LogP contribution >= 0.6 is 11.8 Å². The first-order valence-corrected chi connectivity index (χ1v) is 6.13. The predicted molar refractivity (Wildman–Crippen MR) is 63.6 cm³/mol. The van der Waals surface area contributed by atoms with Gasteiger partial charge in [0.1, 0.15) is 11.9 Å². The topological polar surface area (TPSA) is 106 Å². The number of anilines is 1. The minimum atomic E-state index is -0.545. The number of carbonyl (C=O) groups is 1. The van der Waals surface area contributed by atoms with Crippen LogP contribution in [0.5, 0.6) is 0 Å². The summed E-state index contributed by atoms with van der Waals surface area (Å²) < 4.78 is 1.50. The van der Waals surface area contributed by atoms with Gasteiger partial charge in [0.25, 0.3) is 11.5 Å². The molecule has 0 spiro atoms. The minimum absolute atomic E-state index is 0.00218. The van der Waals surface area contributed by atoms with Gasteiger partial charge in [0.2, 0.25) is 5.95 Å². The molecule has 0 radical (unpaired) electrons. The molecule has 1 aliphatic rings. The fourth-order valence-corrected chi connectivity index (χ4v) is 2.53. The largest absolute Gasteiger partial charge is 0.291 e. The molecular formula is C9H8N6O2S. The maximum absolute atomic E-state index is 12.0. The summed E-state index contributed by atoms with van der Waals surface area (Å²) in [5.41, 5.74) is -0.334. The van der Waals surface area contributed by atoms with Gasteiger partial charge in [-0.05, 0) is 0 Å². The van der Waals surface area contributed by atoms with Gasteiger partial charge in [0.15, 0.2) is 5.16 Å². The fraction of sp³-hybridized carbons (Fsp3) is 0.222. The predicted octanol–water partition coefficient (Wildman–Crippen LogP) is -0.281. The van der Waals surface area contributed by atoms with Crippen molar-refractivity contribution in [2.75, 3.05) is 11.1 Å². The zero-order valence-corrected chi connectivity index (χ0v) is 9.90. The van der Waals surface area contributed by atoms with Gasteiger partial charge in [-0.25, -0.2) is 10.1 Å². The maximum Gasteiger partial charge on any atom is 0.267 e. The van der Waals surface area contributed by atoms with Crippen molar-refractivity contribution in [1.29, 1.82) is 0 Å². The number of aromatic amines is 1. The first-order chi connectivity index (χ1) is 8.75. The Kier molecular flexibility index (Phi) is 2.59. The molecular weight excluding hydrogens is 256 g/mol. The molecule has 0 unspecified atom stereocenters. The van der Waals surface area contributed by atoms with Gasteiger partial charge in [-0.15, -0.1) is 0 Å². The van der Waals surface area contributed by atoms with Crippen LogP contribution in [0.1, 0.15) is 10.4 Å². The lowest BCUT2D eigenvalue weighted by atomic mass is 10.3. The van der Waals surface area contributed by atoms with E-state index in [9.17, 15) is 9.59 Å². The Hall–Kier alpha value is -2.16. The van der Waals surface area contributed by atoms with E-state index in [1.54, 1.807) is 0 Å². The maximum atomic E-state index is 12.0. The highest BCUT2D eigenvalue weighted by Gasteiger charge is 2.20. The van der Waals surface area contributed by atoms with Crippen molar-refractivity contribution in [3.63, 3.8) is 0 Å². The number of nitrogens with zero attached hydrogens (tertiary/aromatic N) is 4. The molecule has 1 aliphatic heterocycles. The lowest BCUT2D eigenvalue weighted by Crippen LogP contribution is -2.29. The van der Waals surface area contributed by atoms with E-state index in [0.29, 0.717) is 11.7 Å². The number of fused-ring (bicyclic) bond motifs is 1. The Morgan fingerprint density at radius 1 is 1.50 bits per heavy atom. The summed E-state index contributed by atoms with van der Waals surface area (Å²) in [4.78, 5) is 31.7. The van der Waals surface area contributed by atoms with Crippen molar-refractivity contribution in [2.24, 2.45) is 0 Å². The summed E-state index contributed by atoms with van der Waals surface area (Å²) in [5.74, 6) is 0.450. The molecule has 3 rings (SSSR count). The van der Waals surface area contributed by atoms with E-state index in [1.165, 1.54) is 28.9 Å². The van der Waals surface area contributed by atoms with Gasteiger partial charge < -0.3 is 0 Å².